The van der Waals surface area contributed by atoms with E-state index in [2.05, 4.69) is 10.2 Å². The van der Waals surface area contributed by atoms with Crippen molar-refractivity contribution >= 4 is 17.7 Å². The number of hydrogen-bond acceptors (Lipinski definition) is 3. The van der Waals surface area contributed by atoms with Gasteiger partial charge in [0.25, 0.3) is 0 Å². The average molecular weight is 315 g/mol. The molecule has 0 saturated heterocycles. The Hall–Kier alpha value is -1.75. The van der Waals surface area contributed by atoms with Crippen molar-refractivity contribution in [3.05, 3.63) is 47.3 Å². The van der Waals surface area contributed by atoms with Gasteiger partial charge in [-0.3, -0.25) is 9.89 Å². The number of benzene rings is 1. The van der Waals surface area contributed by atoms with Gasteiger partial charge in [0.2, 0.25) is 5.91 Å². The minimum atomic E-state index is 0.140. The zero-order valence-corrected chi connectivity index (χ0v) is 13.7. The molecule has 0 spiro atoms. The molecule has 0 unspecified atom stereocenters. The van der Waals surface area contributed by atoms with Crippen LogP contribution in [-0.4, -0.2) is 33.8 Å². The molecule has 1 aliphatic rings. The minimum absolute atomic E-state index is 0.140. The Morgan fingerprint density at radius 1 is 1.27 bits per heavy atom. The molecule has 0 atom stereocenters. The van der Waals surface area contributed by atoms with E-state index in [1.54, 1.807) is 16.7 Å². The first-order valence-electron chi connectivity index (χ1n) is 7.71. The fourth-order valence-electron chi connectivity index (χ4n) is 2.77. The molecular formula is C17H21N3OS. The summed E-state index contributed by atoms with van der Waals surface area (Å²) in [6, 6.07) is 10.0. The summed E-state index contributed by atoms with van der Waals surface area (Å²) in [5.74, 6) is 0.606. The molecule has 22 heavy (non-hydrogen) atoms. The van der Waals surface area contributed by atoms with Gasteiger partial charge in [0.1, 0.15) is 0 Å². The number of nitrogens with one attached hydrogen (secondary N) is 1. The highest BCUT2D eigenvalue weighted by molar-refractivity contribution is 8.00. The Kier molecular flexibility index (Phi) is 4.83. The number of H-pyrrole nitrogens is 1. The van der Waals surface area contributed by atoms with Crippen LogP contribution < -0.4 is 0 Å². The fraction of sp³-hybridized carbons (Fsp3) is 0.412. The lowest BCUT2D eigenvalue weighted by atomic mass is 9.96. The van der Waals surface area contributed by atoms with Gasteiger partial charge in [-0.15, -0.1) is 11.8 Å². The van der Waals surface area contributed by atoms with Crippen molar-refractivity contribution in [2.75, 3.05) is 12.8 Å². The van der Waals surface area contributed by atoms with Gasteiger partial charge in [-0.05, 0) is 43.4 Å². The molecule has 4 nitrogen and oxygen atoms in total. The molecule has 0 radical (unpaired) electrons. The summed E-state index contributed by atoms with van der Waals surface area (Å²) in [6.45, 7) is 0.597. The highest BCUT2D eigenvalue weighted by Gasteiger charge is 2.19. The predicted octanol–water partition coefficient (Wildman–Crippen LogP) is 3.04. The van der Waals surface area contributed by atoms with Crippen LogP contribution in [0, 0.1) is 0 Å². The van der Waals surface area contributed by atoms with Gasteiger partial charge in [-0.1, -0.05) is 18.2 Å². The molecule has 0 saturated carbocycles. The minimum Gasteiger partial charge on any atom is -0.339 e. The quantitative estimate of drug-likeness (QED) is 0.863. The predicted molar refractivity (Wildman–Crippen MR) is 88.9 cm³/mol. The second kappa shape index (κ2) is 7.01. The Morgan fingerprint density at radius 3 is 2.86 bits per heavy atom. The Balaban J connectivity index is 1.56. The summed E-state index contributed by atoms with van der Waals surface area (Å²) in [5.41, 5.74) is 3.64. The zero-order chi connectivity index (χ0) is 15.4. The van der Waals surface area contributed by atoms with Crippen molar-refractivity contribution in [2.24, 2.45) is 0 Å². The van der Waals surface area contributed by atoms with Crippen molar-refractivity contribution in [1.82, 2.24) is 15.1 Å². The number of hydrogen-bond donors (Lipinski definition) is 1. The van der Waals surface area contributed by atoms with Crippen molar-refractivity contribution in [3.8, 4) is 0 Å². The number of carbonyl (C=O) groups is 1. The van der Waals surface area contributed by atoms with Gasteiger partial charge in [-0.25, -0.2) is 0 Å². The lowest BCUT2D eigenvalue weighted by molar-refractivity contribution is -0.127. The summed E-state index contributed by atoms with van der Waals surface area (Å²) in [4.78, 5) is 15.2. The molecule has 3 rings (SSSR count). The average Bonchev–Trinajstić information content (AvgIpc) is 2.97. The van der Waals surface area contributed by atoms with E-state index in [0.29, 0.717) is 12.3 Å². The van der Waals surface area contributed by atoms with Gasteiger partial charge in [-0.2, -0.15) is 5.10 Å². The van der Waals surface area contributed by atoms with Crippen LogP contribution in [0.25, 0.3) is 0 Å². The van der Waals surface area contributed by atoms with Gasteiger partial charge in [0.05, 0.1) is 18.0 Å². The SMILES string of the molecule is CN(Cc1n[nH]c2c1CCCC2)C(=O)CSc1ccccc1. The summed E-state index contributed by atoms with van der Waals surface area (Å²) < 4.78 is 0. The number of rotatable bonds is 5. The second-order valence-corrected chi connectivity index (χ2v) is 6.73. The molecule has 1 aliphatic carbocycles. The van der Waals surface area contributed by atoms with E-state index in [-0.39, 0.29) is 5.91 Å². The van der Waals surface area contributed by atoms with Crippen LogP contribution >= 0.6 is 11.8 Å². The first-order valence-corrected chi connectivity index (χ1v) is 8.69. The zero-order valence-electron chi connectivity index (χ0n) is 12.8. The van der Waals surface area contributed by atoms with E-state index >= 15 is 0 Å². The number of nitrogens with zero attached hydrogens (tertiary/aromatic N) is 2. The van der Waals surface area contributed by atoms with E-state index in [0.717, 1.165) is 23.4 Å². The van der Waals surface area contributed by atoms with E-state index in [4.69, 9.17) is 0 Å². The van der Waals surface area contributed by atoms with Gasteiger partial charge in [0, 0.05) is 17.6 Å². The summed E-state index contributed by atoms with van der Waals surface area (Å²) in [5, 5.41) is 7.55. The maximum atomic E-state index is 12.3. The molecule has 1 aromatic carbocycles. The number of aromatic nitrogens is 2. The lowest BCUT2D eigenvalue weighted by Gasteiger charge is -2.18. The van der Waals surface area contributed by atoms with Crippen LogP contribution in [0.2, 0.25) is 0 Å². The van der Waals surface area contributed by atoms with Crippen LogP contribution in [0.1, 0.15) is 29.8 Å². The maximum absolute atomic E-state index is 12.3. The Labute approximate surface area is 135 Å². The van der Waals surface area contributed by atoms with Gasteiger partial charge in [0.15, 0.2) is 0 Å². The molecule has 116 valence electrons. The molecule has 0 fully saturated rings. The number of carbonyl (C=O) groups excluding carboxylic acids is 1. The number of aryl methyl sites for hydroxylation is 1. The van der Waals surface area contributed by atoms with Gasteiger partial charge >= 0.3 is 0 Å². The van der Waals surface area contributed by atoms with Crippen LogP contribution in [0.5, 0.6) is 0 Å². The van der Waals surface area contributed by atoms with E-state index in [1.165, 1.54) is 24.1 Å². The van der Waals surface area contributed by atoms with Crippen molar-refractivity contribution in [3.63, 3.8) is 0 Å². The van der Waals surface area contributed by atoms with Crippen molar-refractivity contribution in [1.29, 1.82) is 0 Å². The topological polar surface area (TPSA) is 49.0 Å². The summed E-state index contributed by atoms with van der Waals surface area (Å²) in [7, 11) is 1.86. The van der Waals surface area contributed by atoms with Crippen LogP contribution in [0.15, 0.2) is 35.2 Å². The highest BCUT2D eigenvalue weighted by atomic mass is 32.2. The number of amides is 1. The standard InChI is InChI=1S/C17H21N3OS/c1-20(17(21)12-22-13-7-3-2-4-8-13)11-16-14-9-5-6-10-15(14)18-19-16/h2-4,7-8H,5-6,9-12H2,1H3,(H,18,19). The molecule has 1 aromatic heterocycles. The third kappa shape index (κ3) is 3.53. The summed E-state index contributed by atoms with van der Waals surface area (Å²) in [6.07, 6.45) is 4.63. The molecule has 5 heteroatoms. The molecule has 0 aliphatic heterocycles. The van der Waals surface area contributed by atoms with Crippen LogP contribution in [0.4, 0.5) is 0 Å². The smallest absolute Gasteiger partial charge is 0.233 e. The van der Waals surface area contributed by atoms with Crippen molar-refractivity contribution in [2.45, 2.75) is 37.1 Å². The molecule has 0 bridgehead atoms. The van der Waals surface area contributed by atoms with E-state index in [1.807, 2.05) is 37.4 Å². The lowest BCUT2D eigenvalue weighted by Crippen LogP contribution is -2.28. The van der Waals surface area contributed by atoms with Gasteiger partial charge < -0.3 is 4.90 Å². The van der Waals surface area contributed by atoms with E-state index < -0.39 is 0 Å². The van der Waals surface area contributed by atoms with Crippen molar-refractivity contribution < 1.29 is 4.79 Å². The molecular weight excluding hydrogens is 294 g/mol. The highest BCUT2D eigenvalue weighted by Crippen LogP contribution is 2.23. The molecule has 2 aromatic rings. The normalized spacial score (nSPS) is 13.7. The van der Waals surface area contributed by atoms with Crippen LogP contribution in [-0.2, 0) is 24.2 Å². The third-order valence-corrected chi connectivity index (χ3v) is 5.06. The maximum Gasteiger partial charge on any atom is 0.233 e. The first-order chi connectivity index (χ1) is 10.7. The monoisotopic (exact) mass is 315 g/mol. The summed E-state index contributed by atoms with van der Waals surface area (Å²) >= 11 is 1.58. The fourth-order valence-corrected chi connectivity index (χ4v) is 3.63. The Bertz CT molecular complexity index is 639. The molecule has 1 amide bonds. The number of thioether (sulfide) groups is 1. The Morgan fingerprint density at radius 2 is 2.05 bits per heavy atom. The molecule has 1 N–H and O–H groups in total. The van der Waals surface area contributed by atoms with E-state index in [9.17, 15) is 4.79 Å². The van der Waals surface area contributed by atoms with Crippen LogP contribution in [0.3, 0.4) is 0 Å². The second-order valence-electron chi connectivity index (χ2n) is 5.69. The number of fused-ring (bicyclic) bond motifs is 1. The number of aromatic amines is 1. The largest absolute Gasteiger partial charge is 0.339 e. The third-order valence-electron chi connectivity index (χ3n) is 4.06. The first kappa shape index (κ1) is 15.2. The molecule has 1 heterocycles.